The summed E-state index contributed by atoms with van der Waals surface area (Å²) in [7, 11) is 0. The molecule has 2 rings (SSSR count). The van der Waals surface area contributed by atoms with Gasteiger partial charge in [-0.15, -0.1) is 0 Å². The molecule has 5 heteroatoms. The minimum atomic E-state index is -0.986. The number of hydrogen-bond donors (Lipinski definition) is 2. The Labute approximate surface area is 79.3 Å². The fourth-order valence-corrected chi connectivity index (χ4v) is 1.27. The Kier molecular flexibility index (Phi) is 1.99. The summed E-state index contributed by atoms with van der Waals surface area (Å²) in [4.78, 5) is 10.6. The van der Waals surface area contributed by atoms with E-state index in [2.05, 4.69) is 5.32 Å². The van der Waals surface area contributed by atoms with Crippen LogP contribution in [0.25, 0.3) is 0 Å². The van der Waals surface area contributed by atoms with Crippen LogP contribution in [0.15, 0.2) is 18.2 Å². The second-order valence-corrected chi connectivity index (χ2v) is 2.99. The topological polar surface area (TPSA) is 58.6 Å². The van der Waals surface area contributed by atoms with E-state index >= 15 is 0 Å². The van der Waals surface area contributed by atoms with E-state index < -0.39 is 17.8 Å². The second kappa shape index (κ2) is 3.17. The predicted octanol–water partition coefficient (Wildman–Crippen LogP) is 1.08. The van der Waals surface area contributed by atoms with E-state index in [-0.39, 0.29) is 6.61 Å². The fourth-order valence-electron chi connectivity index (χ4n) is 1.27. The van der Waals surface area contributed by atoms with Gasteiger partial charge in [0.25, 0.3) is 0 Å². The van der Waals surface area contributed by atoms with E-state index in [0.717, 1.165) is 0 Å². The number of ether oxygens (including phenoxy) is 1. The summed E-state index contributed by atoms with van der Waals surface area (Å²) >= 11 is 0. The minimum absolute atomic E-state index is 0.00574. The smallest absolute Gasteiger partial charge is 0.329 e. The maximum absolute atomic E-state index is 12.7. The van der Waals surface area contributed by atoms with Gasteiger partial charge in [-0.3, -0.25) is 0 Å². The summed E-state index contributed by atoms with van der Waals surface area (Å²) in [6.07, 6.45) is 0. The molecule has 1 aromatic carbocycles. The quantitative estimate of drug-likeness (QED) is 0.707. The molecule has 0 unspecified atom stereocenters. The van der Waals surface area contributed by atoms with Crippen LogP contribution in [0.3, 0.4) is 0 Å². The van der Waals surface area contributed by atoms with Gasteiger partial charge < -0.3 is 15.2 Å². The van der Waals surface area contributed by atoms with Crippen molar-refractivity contribution in [3.63, 3.8) is 0 Å². The highest BCUT2D eigenvalue weighted by Gasteiger charge is 2.24. The van der Waals surface area contributed by atoms with E-state index in [1.165, 1.54) is 18.2 Å². The van der Waals surface area contributed by atoms with Crippen LogP contribution >= 0.6 is 0 Å². The van der Waals surface area contributed by atoms with Gasteiger partial charge in [-0.05, 0) is 12.1 Å². The molecule has 1 aliphatic rings. The van der Waals surface area contributed by atoms with Crippen molar-refractivity contribution >= 4 is 11.7 Å². The Morgan fingerprint density at radius 3 is 3.14 bits per heavy atom. The summed E-state index contributed by atoms with van der Waals surface area (Å²) in [5, 5.41) is 11.4. The molecule has 1 aliphatic heterocycles. The van der Waals surface area contributed by atoms with E-state index in [1.54, 1.807) is 0 Å². The molecule has 2 N–H and O–H groups in total. The molecule has 1 heterocycles. The zero-order valence-electron chi connectivity index (χ0n) is 7.16. The van der Waals surface area contributed by atoms with Gasteiger partial charge in [0.15, 0.2) is 6.04 Å². The van der Waals surface area contributed by atoms with Crippen molar-refractivity contribution in [1.82, 2.24) is 0 Å². The highest BCUT2D eigenvalue weighted by atomic mass is 19.1. The summed E-state index contributed by atoms with van der Waals surface area (Å²) in [6, 6.07) is 3.16. The Morgan fingerprint density at radius 2 is 2.43 bits per heavy atom. The van der Waals surface area contributed by atoms with Crippen molar-refractivity contribution in [1.29, 1.82) is 0 Å². The SMILES string of the molecule is O=C(O)[C@@H]1COc2cc(F)ccc2N1. The normalized spacial score (nSPS) is 19.1. The van der Waals surface area contributed by atoms with Gasteiger partial charge in [-0.2, -0.15) is 0 Å². The van der Waals surface area contributed by atoms with Crippen LogP contribution in [-0.2, 0) is 4.79 Å². The van der Waals surface area contributed by atoms with Crippen LogP contribution in [0.4, 0.5) is 10.1 Å². The lowest BCUT2D eigenvalue weighted by atomic mass is 10.2. The van der Waals surface area contributed by atoms with Gasteiger partial charge in [0, 0.05) is 6.07 Å². The Hall–Kier alpha value is -1.78. The molecule has 4 nitrogen and oxygen atoms in total. The number of benzene rings is 1. The van der Waals surface area contributed by atoms with Crippen molar-refractivity contribution in [2.45, 2.75) is 6.04 Å². The van der Waals surface area contributed by atoms with Crippen LogP contribution in [0, 0.1) is 5.82 Å². The van der Waals surface area contributed by atoms with Gasteiger partial charge in [-0.1, -0.05) is 0 Å². The lowest BCUT2D eigenvalue weighted by Gasteiger charge is -2.24. The maximum atomic E-state index is 12.7. The summed E-state index contributed by atoms with van der Waals surface area (Å²) in [5.41, 5.74) is 0.505. The van der Waals surface area contributed by atoms with Gasteiger partial charge >= 0.3 is 5.97 Å². The molecule has 1 atom stereocenters. The van der Waals surface area contributed by atoms with Crippen LogP contribution < -0.4 is 10.1 Å². The first-order valence-electron chi connectivity index (χ1n) is 4.08. The van der Waals surface area contributed by atoms with E-state index in [0.29, 0.717) is 11.4 Å². The first kappa shape index (κ1) is 8.80. The van der Waals surface area contributed by atoms with Gasteiger partial charge in [0.1, 0.15) is 18.2 Å². The predicted molar refractivity (Wildman–Crippen MR) is 46.9 cm³/mol. The Balaban J connectivity index is 2.27. The number of hydrogen-bond acceptors (Lipinski definition) is 3. The van der Waals surface area contributed by atoms with Gasteiger partial charge in [0.05, 0.1) is 5.69 Å². The summed E-state index contributed by atoms with van der Waals surface area (Å²) in [5.74, 6) is -1.04. The lowest BCUT2D eigenvalue weighted by molar-refractivity contribution is -0.138. The molecule has 0 amide bonds. The third-order valence-electron chi connectivity index (χ3n) is 1.98. The van der Waals surface area contributed by atoms with Gasteiger partial charge in [-0.25, -0.2) is 9.18 Å². The molecule has 0 aromatic heterocycles. The largest absolute Gasteiger partial charge is 0.489 e. The van der Waals surface area contributed by atoms with Crippen LogP contribution in [-0.4, -0.2) is 23.7 Å². The zero-order valence-corrected chi connectivity index (χ0v) is 7.16. The van der Waals surface area contributed by atoms with E-state index in [1.807, 2.05) is 0 Å². The Bertz CT molecular complexity index is 380. The molecule has 0 bridgehead atoms. The molecule has 74 valence electrons. The highest BCUT2D eigenvalue weighted by molar-refractivity contribution is 5.79. The van der Waals surface area contributed by atoms with Crippen molar-refractivity contribution in [3.8, 4) is 5.75 Å². The molecule has 0 spiro atoms. The number of halogens is 1. The molecule has 0 saturated carbocycles. The van der Waals surface area contributed by atoms with Crippen molar-refractivity contribution in [2.24, 2.45) is 0 Å². The zero-order chi connectivity index (χ0) is 10.1. The maximum Gasteiger partial charge on any atom is 0.329 e. The molecule has 1 aromatic rings. The summed E-state index contributed by atoms with van der Waals surface area (Å²) in [6.45, 7) is 0.00574. The average molecular weight is 197 g/mol. The highest BCUT2D eigenvalue weighted by Crippen LogP contribution is 2.29. The van der Waals surface area contributed by atoms with Crippen molar-refractivity contribution in [3.05, 3.63) is 24.0 Å². The summed E-state index contributed by atoms with van der Waals surface area (Å²) < 4.78 is 17.8. The third kappa shape index (κ3) is 1.48. The van der Waals surface area contributed by atoms with E-state index in [9.17, 15) is 9.18 Å². The van der Waals surface area contributed by atoms with Gasteiger partial charge in [0.2, 0.25) is 0 Å². The number of carboxylic acids is 1. The van der Waals surface area contributed by atoms with Crippen LogP contribution in [0.2, 0.25) is 0 Å². The number of aliphatic carboxylic acids is 1. The molecule has 14 heavy (non-hydrogen) atoms. The van der Waals surface area contributed by atoms with Crippen molar-refractivity contribution in [2.75, 3.05) is 11.9 Å². The number of carboxylic acid groups (broad SMARTS) is 1. The first-order chi connectivity index (χ1) is 6.66. The first-order valence-corrected chi connectivity index (χ1v) is 4.08. The molecular weight excluding hydrogens is 189 g/mol. The minimum Gasteiger partial charge on any atom is -0.489 e. The molecule has 0 fully saturated rings. The fraction of sp³-hybridized carbons (Fsp3) is 0.222. The van der Waals surface area contributed by atoms with Crippen LogP contribution in [0.1, 0.15) is 0 Å². The number of fused-ring (bicyclic) bond motifs is 1. The lowest BCUT2D eigenvalue weighted by Crippen LogP contribution is -2.38. The number of carbonyl (C=O) groups is 1. The standard InChI is InChI=1S/C9H8FNO3/c10-5-1-2-6-8(3-5)14-4-7(11-6)9(12)13/h1-3,7,11H,4H2,(H,12,13)/t7-/m0/s1. The number of nitrogens with one attached hydrogen (secondary N) is 1. The van der Waals surface area contributed by atoms with Crippen LogP contribution in [0.5, 0.6) is 5.75 Å². The monoisotopic (exact) mass is 197 g/mol. The second-order valence-electron chi connectivity index (χ2n) is 2.99. The molecule has 0 aliphatic carbocycles. The van der Waals surface area contributed by atoms with Crippen molar-refractivity contribution < 1.29 is 19.0 Å². The molecule has 0 saturated heterocycles. The number of rotatable bonds is 1. The Morgan fingerprint density at radius 1 is 1.64 bits per heavy atom. The third-order valence-corrected chi connectivity index (χ3v) is 1.98. The van der Waals surface area contributed by atoms with E-state index in [4.69, 9.17) is 9.84 Å². The molecular formula is C9H8FNO3. The molecule has 0 radical (unpaired) electrons. The average Bonchev–Trinajstić information content (AvgIpc) is 2.16. The number of anilines is 1.